The van der Waals surface area contributed by atoms with Crippen molar-refractivity contribution in [2.24, 2.45) is 0 Å². The van der Waals surface area contributed by atoms with Gasteiger partial charge in [-0.25, -0.2) is 9.37 Å². The van der Waals surface area contributed by atoms with Crippen molar-refractivity contribution < 1.29 is 9.18 Å². The Balaban J connectivity index is 1.82. The van der Waals surface area contributed by atoms with Crippen LogP contribution < -0.4 is 0 Å². The summed E-state index contributed by atoms with van der Waals surface area (Å²) in [5.41, 5.74) is 2.48. The Morgan fingerprint density at radius 1 is 1.17 bits per heavy atom. The Morgan fingerprint density at radius 3 is 2.67 bits per heavy atom. The third-order valence-electron chi connectivity index (χ3n) is 4.68. The molecule has 1 aliphatic rings. The van der Waals surface area contributed by atoms with Gasteiger partial charge in [0, 0.05) is 31.5 Å². The largest absolute Gasteiger partial charge is 0.345 e. The van der Waals surface area contributed by atoms with Crippen molar-refractivity contribution in [3.05, 3.63) is 65.7 Å². The minimum Gasteiger partial charge on any atom is -0.345 e. The molecule has 0 bridgehead atoms. The standard InChI is InChI=1S/C19H18FN3O/c1-22-11-14(10-18(22)24)19-21-16-8-4-5-9-17(16)23(19)12-13-6-2-3-7-15(13)20/h2-9,14H,10-12H2,1H3/t14-/m1/s1. The number of aromatic nitrogens is 2. The molecule has 0 unspecified atom stereocenters. The van der Waals surface area contributed by atoms with Crippen LogP contribution in [0.25, 0.3) is 11.0 Å². The van der Waals surface area contributed by atoms with Gasteiger partial charge in [-0.15, -0.1) is 0 Å². The minimum atomic E-state index is -0.221. The van der Waals surface area contributed by atoms with Crippen LogP contribution in [0.1, 0.15) is 23.7 Å². The van der Waals surface area contributed by atoms with Crippen LogP contribution in [0.15, 0.2) is 48.5 Å². The monoisotopic (exact) mass is 323 g/mol. The molecule has 0 N–H and O–H groups in total. The first kappa shape index (κ1) is 14.9. The maximum Gasteiger partial charge on any atom is 0.223 e. The normalized spacial score (nSPS) is 17.8. The van der Waals surface area contributed by atoms with E-state index in [1.807, 2.05) is 41.9 Å². The third kappa shape index (κ3) is 2.46. The van der Waals surface area contributed by atoms with Gasteiger partial charge in [0.25, 0.3) is 0 Å². The summed E-state index contributed by atoms with van der Waals surface area (Å²) in [4.78, 5) is 18.4. The average molecular weight is 323 g/mol. The summed E-state index contributed by atoms with van der Waals surface area (Å²) in [5.74, 6) is 0.809. The lowest BCUT2D eigenvalue weighted by Gasteiger charge is -2.14. The topological polar surface area (TPSA) is 38.1 Å². The first-order valence-corrected chi connectivity index (χ1v) is 8.06. The van der Waals surface area contributed by atoms with E-state index in [-0.39, 0.29) is 17.6 Å². The molecule has 1 fully saturated rings. The smallest absolute Gasteiger partial charge is 0.223 e. The van der Waals surface area contributed by atoms with E-state index in [0.29, 0.717) is 25.1 Å². The van der Waals surface area contributed by atoms with Crippen molar-refractivity contribution in [2.75, 3.05) is 13.6 Å². The summed E-state index contributed by atoms with van der Waals surface area (Å²) in [6.45, 7) is 1.07. The summed E-state index contributed by atoms with van der Waals surface area (Å²) in [5, 5.41) is 0. The van der Waals surface area contributed by atoms with Gasteiger partial charge >= 0.3 is 0 Å². The van der Waals surface area contributed by atoms with E-state index in [2.05, 4.69) is 0 Å². The zero-order chi connectivity index (χ0) is 16.7. The van der Waals surface area contributed by atoms with Crippen LogP contribution in [0, 0.1) is 5.82 Å². The summed E-state index contributed by atoms with van der Waals surface area (Å²) >= 11 is 0. The van der Waals surface area contributed by atoms with E-state index in [1.54, 1.807) is 17.0 Å². The Bertz CT molecular complexity index is 918. The van der Waals surface area contributed by atoms with Crippen LogP contribution in [0.5, 0.6) is 0 Å². The molecule has 1 saturated heterocycles. The van der Waals surface area contributed by atoms with Crippen LogP contribution in [-0.2, 0) is 11.3 Å². The van der Waals surface area contributed by atoms with Crippen LogP contribution in [-0.4, -0.2) is 34.0 Å². The molecule has 3 aromatic rings. The van der Waals surface area contributed by atoms with E-state index in [9.17, 15) is 9.18 Å². The van der Waals surface area contributed by atoms with Gasteiger partial charge in [-0.05, 0) is 18.2 Å². The van der Waals surface area contributed by atoms with Crippen molar-refractivity contribution in [1.29, 1.82) is 0 Å². The van der Waals surface area contributed by atoms with Gasteiger partial charge in [0.1, 0.15) is 11.6 Å². The summed E-state index contributed by atoms with van der Waals surface area (Å²) < 4.78 is 16.2. The molecule has 2 heterocycles. The average Bonchev–Trinajstić information content (AvgIpc) is 3.11. The molecule has 0 aliphatic carbocycles. The Labute approximate surface area is 139 Å². The number of carbonyl (C=O) groups is 1. The van der Waals surface area contributed by atoms with Gasteiger partial charge in [0.05, 0.1) is 17.6 Å². The number of fused-ring (bicyclic) bond motifs is 1. The van der Waals surface area contributed by atoms with Gasteiger partial charge in [-0.3, -0.25) is 4.79 Å². The zero-order valence-electron chi connectivity index (χ0n) is 13.4. The molecule has 4 rings (SSSR count). The van der Waals surface area contributed by atoms with Crippen LogP contribution >= 0.6 is 0 Å². The fraction of sp³-hybridized carbons (Fsp3) is 0.263. The predicted molar refractivity (Wildman–Crippen MR) is 90.2 cm³/mol. The quantitative estimate of drug-likeness (QED) is 0.742. The zero-order valence-corrected chi connectivity index (χ0v) is 13.4. The molecule has 2 aromatic carbocycles. The molecule has 1 atom stereocenters. The molecular weight excluding hydrogens is 305 g/mol. The number of likely N-dealkylation sites (N-methyl/N-ethyl adjacent to an activating group) is 1. The molecule has 0 saturated carbocycles. The van der Waals surface area contributed by atoms with E-state index >= 15 is 0 Å². The highest BCUT2D eigenvalue weighted by Crippen LogP contribution is 2.30. The summed E-state index contributed by atoms with van der Waals surface area (Å²) in [6.07, 6.45) is 0.455. The molecule has 4 nitrogen and oxygen atoms in total. The van der Waals surface area contributed by atoms with Crippen LogP contribution in [0.2, 0.25) is 0 Å². The molecular formula is C19H18FN3O. The molecule has 1 aliphatic heterocycles. The molecule has 1 aromatic heterocycles. The van der Waals surface area contributed by atoms with Gasteiger partial charge < -0.3 is 9.47 Å². The van der Waals surface area contributed by atoms with E-state index in [1.165, 1.54) is 6.07 Å². The number of nitrogens with zero attached hydrogens (tertiary/aromatic N) is 3. The summed E-state index contributed by atoms with van der Waals surface area (Å²) in [6, 6.07) is 14.6. The van der Waals surface area contributed by atoms with Gasteiger partial charge in [0.15, 0.2) is 0 Å². The molecule has 0 spiro atoms. The second-order valence-electron chi connectivity index (χ2n) is 6.31. The number of amides is 1. The maximum atomic E-state index is 14.1. The molecule has 24 heavy (non-hydrogen) atoms. The minimum absolute atomic E-state index is 0.0432. The lowest BCUT2D eigenvalue weighted by atomic mass is 10.1. The second-order valence-corrected chi connectivity index (χ2v) is 6.31. The number of carbonyl (C=O) groups excluding carboxylic acids is 1. The predicted octanol–water partition coefficient (Wildman–Crippen LogP) is 3.17. The Morgan fingerprint density at radius 2 is 1.92 bits per heavy atom. The van der Waals surface area contributed by atoms with Gasteiger partial charge in [-0.1, -0.05) is 30.3 Å². The van der Waals surface area contributed by atoms with Gasteiger partial charge in [-0.2, -0.15) is 0 Å². The van der Waals surface area contributed by atoms with Crippen molar-refractivity contribution in [3.8, 4) is 0 Å². The molecule has 5 heteroatoms. The fourth-order valence-corrected chi connectivity index (χ4v) is 3.41. The highest BCUT2D eigenvalue weighted by atomic mass is 19.1. The first-order valence-electron chi connectivity index (χ1n) is 8.06. The lowest BCUT2D eigenvalue weighted by Crippen LogP contribution is -2.19. The number of imidazole rings is 1. The lowest BCUT2D eigenvalue weighted by molar-refractivity contribution is -0.126. The number of likely N-dealkylation sites (tertiary alicyclic amines) is 1. The van der Waals surface area contributed by atoms with Crippen molar-refractivity contribution in [3.63, 3.8) is 0 Å². The maximum absolute atomic E-state index is 14.1. The Kier molecular flexibility index (Phi) is 3.56. The van der Waals surface area contributed by atoms with Crippen molar-refractivity contribution >= 4 is 16.9 Å². The number of benzene rings is 2. The number of rotatable bonds is 3. The molecule has 1 amide bonds. The second kappa shape index (κ2) is 5.74. The van der Waals surface area contributed by atoms with Crippen LogP contribution in [0.3, 0.4) is 0 Å². The van der Waals surface area contributed by atoms with Crippen molar-refractivity contribution in [2.45, 2.75) is 18.9 Å². The first-order chi connectivity index (χ1) is 11.6. The van der Waals surface area contributed by atoms with Crippen LogP contribution in [0.4, 0.5) is 4.39 Å². The SMILES string of the molecule is CN1C[C@H](c2nc3ccccc3n2Cc2ccccc2F)CC1=O. The Hall–Kier alpha value is -2.69. The van der Waals surface area contributed by atoms with E-state index in [4.69, 9.17) is 4.98 Å². The molecule has 122 valence electrons. The highest BCUT2D eigenvalue weighted by Gasteiger charge is 2.32. The highest BCUT2D eigenvalue weighted by molar-refractivity contribution is 5.80. The van der Waals surface area contributed by atoms with E-state index < -0.39 is 0 Å². The molecule has 0 radical (unpaired) electrons. The number of para-hydroxylation sites is 2. The van der Waals surface area contributed by atoms with Crippen molar-refractivity contribution in [1.82, 2.24) is 14.5 Å². The summed E-state index contributed by atoms with van der Waals surface area (Å²) in [7, 11) is 1.81. The van der Waals surface area contributed by atoms with Gasteiger partial charge in [0.2, 0.25) is 5.91 Å². The number of hydrogen-bond donors (Lipinski definition) is 0. The van der Waals surface area contributed by atoms with E-state index in [0.717, 1.165) is 16.9 Å². The number of halogens is 1. The third-order valence-corrected chi connectivity index (χ3v) is 4.68. The fourth-order valence-electron chi connectivity index (χ4n) is 3.41. The number of hydrogen-bond acceptors (Lipinski definition) is 2.